The lowest BCUT2D eigenvalue weighted by molar-refractivity contribution is -0.384. The number of pyridine rings is 1. The summed E-state index contributed by atoms with van der Waals surface area (Å²) in [5.74, 6) is -0.606. The van der Waals surface area contributed by atoms with Gasteiger partial charge in [0.2, 0.25) is 0 Å². The number of Topliss-reactive ketones (excluding diaryl/α,β-unsaturated/α-hetero) is 1. The number of hydrogen-bond acceptors (Lipinski definition) is 4. The van der Waals surface area contributed by atoms with E-state index in [-0.39, 0.29) is 11.5 Å². The summed E-state index contributed by atoms with van der Waals surface area (Å²) in [5, 5.41) is 10.7. The van der Waals surface area contributed by atoms with Crippen molar-refractivity contribution in [2.45, 2.75) is 12.8 Å². The zero-order chi connectivity index (χ0) is 13.8. The number of carbonyl (C=O) groups excluding carboxylic acids is 1. The maximum absolute atomic E-state index is 12.3. The molecule has 2 aromatic rings. The highest BCUT2D eigenvalue weighted by molar-refractivity contribution is 6.00. The third-order valence-electron chi connectivity index (χ3n) is 2.87. The Kier molecular flexibility index (Phi) is 3.66. The van der Waals surface area contributed by atoms with E-state index in [1.165, 1.54) is 18.2 Å². The first-order valence-electron chi connectivity index (χ1n) is 5.79. The largest absolute Gasteiger partial charge is 0.293 e. The Labute approximate surface area is 110 Å². The molecule has 0 saturated heterocycles. The topological polar surface area (TPSA) is 73.1 Å². The van der Waals surface area contributed by atoms with Crippen LogP contribution in [-0.2, 0) is 0 Å². The van der Waals surface area contributed by atoms with Crippen LogP contribution < -0.4 is 0 Å². The average molecular weight is 256 g/mol. The number of rotatable bonds is 4. The van der Waals surface area contributed by atoms with E-state index < -0.39 is 10.8 Å². The zero-order valence-corrected chi connectivity index (χ0v) is 10.3. The van der Waals surface area contributed by atoms with Gasteiger partial charge in [-0.2, -0.15) is 0 Å². The molecule has 0 aliphatic carbocycles. The summed E-state index contributed by atoms with van der Waals surface area (Å²) < 4.78 is 0. The molecule has 0 bridgehead atoms. The number of nitrogens with zero attached hydrogens (tertiary/aromatic N) is 2. The lowest BCUT2D eigenvalue weighted by Gasteiger charge is -2.09. The number of non-ortho nitro benzene ring substituents is 1. The minimum Gasteiger partial charge on any atom is -0.293 e. The van der Waals surface area contributed by atoms with Crippen LogP contribution in [0.15, 0.2) is 48.7 Å². The molecule has 1 atom stereocenters. The van der Waals surface area contributed by atoms with E-state index in [4.69, 9.17) is 0 Å². The molecule has 1 unspecified atom stereocenters. The van der Waals surface area contributed by atoms with E-state index >= 15 is 0 Å². The molecule has 0 saturated carbocycles. The van der Waals surface area contributed by atoms with Gasteiger partial charge in [-0.25, -0.2) is 0 Å². The SMILES string of the molecule is CC(C(=O)c1cccc([N+](=O)[O-])c1)c1ccccn1. The minimum absolute atomic E-state index is 0.0842. The molecule has 0 spiro atoms. The number of nitro benzene ring substituents is 1. The predicted molar refractivity (Wildman–Crippen MR) is 70.1 cm³/mol. The van der Waals surface area contributed by atoms with E-state index in [1.54, 1.807) is 37.4 Å². The number of nitro groups is 1. The molecule has 0 aliphatic rings. The van der Waals surface area contributed by atoms with Crippen molar-refractivity contribution in [3.05, 3.63) is 70.0 Å². The van der Waals surface area contributed by atoms with Gasteiger partial charge in [0.25, 0.3) is 5.69 Å². The molecule has 5 heteroatoms. The monoisotopic (exact) mass is 256 g/mol. The second-order valence-electron chi connectivity index (χ2n) is 4.15. The van der Waals surface area contributed by atoms with E-state index in [9.17, 15) is 14.9 Å². The van der Waals surface area contributed by atoms with Crippen LogP contribution in [0.1, 0.15) is 28.9 Å². The third-order valence-corrected chi connectivity index (χ3v) is 2.87. The third kappa shape index (κ3) is 2.82. The summed E-state index contributed by atoms with van der Waals surface area (Å²) in [6, 6.07) is 11.1. The van der Waals surface area contributed by atoms with Crippen molar-refractivity contribution in [3.63, 3.8) is 0 Å². The number of carbonyl (C=O) groups is 1. The van der Waals surface area contributed by atoms with Crippen molar-refractivity contribution in [1.29, 1.82) is 0 Å². The predicted octanol–water partition coefficient (Wildman–Crippen LogP) is 2.98. The molecule has 0 aliphatic heterocycles. The van der Waals surface area contributed by atoms with Gasteiger partial charge in [0.1, 0.15) is 0 Å². The Morgan fingerprint density at radius 3 is 2.68 bits per heavy atom. The number of hydrogen-bond donors (Lipinski definition) is 0. The normalized spacial score (nSPS) is 11.8. The molecule has 2 rings (SSSR count). The summed E-state index contributed by atoms with van der Waals surface area (Å²) in [5.41, 5.74) is 0.894. The summed E-state index contributed by atoms with van der Waals surface area (Å²) in [7, 11) is 0. The van der Waals surface area contributed by atoms with Gasteiger partial charge in [-0.3, -0.25) is 19.9 Å². The van der Waals surface area contributed by atoms with Gasteiger partial charge in [-0.1, -0.05) is 18.2 Å². The van der Waals surface area contributed by atoms with Gasteiger partial charge < -0.3 is 0 Å². The van der Waals surface area contributed by atoms with E-state index in [0.717, 1.165) is 0 Å². The maximum atomic E-state index is 12.3. The van der Waals surface area contributed by atoms with Gasteiger partial charge in [0, 0.05) is 23.9 Å². The zero-order valence-electron chi connectivity index (χ0n) is 10.3. The van der Waals surface area contributed by atoms with Gasteiger partial charge in [-0.05, 0) is 19.1 Å². The Morgan fingerprint density at radius 1 is 1.26 bits per heavy atom. The van der Waals surface area contributed by atoms with Crippen LogP contribution in [-0.4, -0.2) is 15.7 Å². The highest BCUT2D eigenvalue weighted by Crippen LogP contribution is 2.21. The molecule has 5 nitrogen and oxygen atoms in total. The van der Waals surface area contributed by atoms with Gasteiger partial charge in [0.15, 0.2) is 5.78 Å². The molecule has 1 aromatic carbocycles. The number of ketones is 1. The van der Waals surface area contributed by atoms with E-state index in [0.29, 0.717) is 11.3 Å². The van der Waals surface area contributed by atoms with E-state index in [2.05, 4.69) is 4.98 Å². The van der Waals surface area contributed by atoms with Crippen LogP contribution in [0.5, 0.6) is 0 Å². The van der Waals surface area contributed by atoms with Crippen molar-refractivity contribution in [3.8, 4) is 0 Å². The molecule has 0 radical (unpaired) electrons. The lowest BCUT2D eigenvalue weighted by Crippen LogP contribution is -2.11. The minimum atomic E-state index is -0.512. The molecule has 19 heavy (non-hydrogen) atoms. The van der Waals surface area contributed by atoms with E-state index in [1.807, 2.05) is 0 Å². The van der Waals surface area contributed by atoms with Crippen LogP contribution in [0, 0.1) is 10.1 Å². The van der Waals surface area contributed by atoms with Crippen LogP contribution in [0.3, 0.4) is 0 Å². The second kappa shape index (κ2) is 5.39. The summed E-state index contributed by atoms with van der Waals surface area (Å²) in [6.07, 6.45) is 1.62. The molecule has 1 aromatic heterocycles. The molecule has 0 fully saturated rings. The summed E-state index contributed by atoms with van der Waals surface area (Å²) in [4.78, 5) is 26.6. The first kappa shape index (κ1) is 12.9. The molecular formula is C14H12N2O3. The highest BCUT2D eigenvalue weighted by atomic mass is 16.6. The Bertz CT molecular complexity index is 611. The number of aromatic nitrogens is 1. The number of benzene rings is 1. The molecule has 0 amide bonds. The molecule has 1 heterocycles. The molecule has 0 N–H and O–H groups in total. The molecule has 96 valence electrons. The Hall–Kier alpha value is -2.56. The maximum Gasteiger partial charge on any atom is 0.270 e. The summed E-state index contributed by atoms with van der Waals surface area (Å²) in [6.45, 7) is 1.74. The fraction of sp³-hybridized carbons (Fsp3) is 0.143. The van der Waals surface area contributed by atoms with Gasteiger partial charge in [0.05, 0.1) is 16.5 Å². The van der Waals surface area contributed by atoms with Crippen LogP contribution >= 0.6 is 0 Å². The first-order valence-corrected chi connectivity index (χ1v) is 5.79. The summed E-state index contributed by atoms with van der Waals surface area (Å²) >= 11 is 0. The van der Waals surface area contributed by atoms with Crippen LogP contribution in [0.25, 0.3) is 0 Å². The Morgan fingerprint density at radius 2 is 2.05 bits per heavy atom. The fourth-order valence-corrected chi connectivity index (χ4v) is 1.79. The fourth-order valence-electron chi connectivity index (χ4n) is 1.79. The van der Waals surface area contributed by atoms with Crippen LogP contribution in [0.2, 0.25) is 0 Å². The van der Waals surface area contributed by atoms with Crippen molar-refractivity contribution < 1.29 is 9.72 Å². The van der Waals surface area contributed by atoms with Gasteiger partial charge >= 0.3 is 0 Å². The highest BCUT2D eigenvalue weighted by Gasteiger charge is 2.19. The molecular weight excluding hydrogens is 244 g/mol. The van der Waals surface area contributed by atoms with Crippen molar-refractivity contribution in [1.82, 2.24) is 4.98 Å². The smallest absolute Gasteiger partial charge is 0.270 e. The van der Waals surface area contributed by atoms with Crippen molar-refractivity contribution in [2.24, 2.45) is 0 Å². The van der Waals surface area contributed by atoms with Gasteiger partial charge in [-0.15, -0.1) is 0 Å². The quantitative estimate of drug-likeness (QED) is 0.479. The average Bonchev–Trinajstić information content (AvgIpc) is 2.46. The van der Waals surface area contributed by atoms with Crippen LogP contribution in [0.4, 0.5) is 5.69 Å². The Balaban J connectivity index is 2.29. The van der Waals surface area contributed by atoms with Crippen molar-refractivity contribution in [2.75, 3.05) is 0 Å². The lowest BCUT2D eigenvalue weighted by atomic mass is 9.96. The van der Waals surface area contributed by atoms with Crippen molar-refractivity contribution >= 4 is 11.5 Å². The first-order chi connectivity index (χ1) is 9.09. The second-order valence-corrected chi connectivity index (χ2v) is 4.15. The standard InChI is InChI=1S/C14H12N2O3/c1-10(13-7-2-3-8-15-13)14(17)11-5-4-6-12(9-11)16(18)19/h2-10H,1H3.